The molecule has 1 fully saturated rings. The molecule has 1 aliphatic heterocycles. The minimum Gasteiger partial charge on any atom is -0.488 e. The summed E-state index contributed by atoms with van der Waals surface area (Å²) in [6.45, 7) is 7.22. The largest absolute Gasteiger partial charge is 0.573 e. The van der Waals surface area contributed by atoms with Gasteiger partial charge in [0.05, 0.1) is 17.1 Å². The third kappa shape index (κ3) is 4.79. The molecule has 0 unspecified atom stereocenters. The molecular weight excluding hydrogens is 423 g/mol. The van der Waals surface area contributed by atoms with Crippen LogP contribution in [0, 0.1) is 5.41 Å². The van der Waals surface area contributed by atoms with E-state index in [0.717, 1.165) is 12.1 Å². The lowest BCUT2D eigenvalue weighted by Crippen LogP contribution is -2.41. The van der Waals surface area contributed by atoms with Crippen LogP contribution >= 0.6 is 0 Å². The summed E-state index contributed by atoms with van der Waals surface area (Å²) in [6, 6.07) is 3.67. The van der Waals surface area contributed by atoms with Gasteiger partial charge in [0.2, 0.25) is 0 Å². The summed E-state index contributed by atoms with van der Waals surface area (Å²) in [5.74, 6) is -0.746. The van der Waals surface area contributed by atoms with Crippen molar-refractivity contribution in [3.63, 3.8) is 0 Å². The van der Waals surface area contributed by atoms with Crippen molar-refractivity contribution in [1.82, 2.24) is 0 Å². The molecule has 0 saturated heterocycles. The molecule has 3 rings (SSSR count). The topological polar surface area (TPSA) is 74.2 Å². The van der Waals surface area contributed by atoms with Gasteiger partial charge in [-0.1, -0.05) is 0 Å². The van der Waals surface area contributed by atoms with Crippen molar-refractivity contribution in [2.75, 3.05) is 6.61 Å². The molecule has 30 heavy (non-hydrogen) atoms. The first-order chi connectivity index (χ1) is 13.9. The first-order valence-corrected chi connectivity index (χ1v) is 10.7. The van der Waals surface area contributed by atoms with Gasteiger partial charge in [-0.05, 0) is 52.7 Å². The molecule has 0 aromatic heterocycles. The van der Waals surface area contributed by atoms with E-state index in [1.165, 1.54) is 6.07 Å². The number of fused-ring (bicyclic) bond motifs is 1. The average molecular weight is 447 g/mol. The molecule has 1 heterocycles. The summed E-state index contributed by atoms with van der Waals surface area (Å²) < 4.78 is 69.4. The van der Waals surface area contributed by atoms with Crippen molar-refractivity contribution in [2.24, 2.45) is 9.81 Å². The number of hydrogen-bond donors (Lipinski definition) is 0. The summed E-state index contributed by atoms with van der Waals surface area (Å²) >= 11 is 0. The number of rotatable bonds is 5. The molecule has 2 aliphatic rings. The number of esters is 1. The second kappa shape index (κ2) is 7.86. The standard InChI is InChI=1S/C20H24F3NO5S/c1-5-27-17(25)19(8-9-19)16-11-14(24-30(26)18(2,3)4)13-7-6-12(10-15(13)28-16)29-20(21,22)23/h6-7,10,16H,5,8-9,11H2,1-4H3/t16-,30-/m1/s1. The Morgan fingerprint density at radius 2 is 1.97 bits per heavy atom. The van der Waals surface area contributed by atoms with Crippen LogP contribution in [0.2, 0.25) is 0 Å². The molecule has 1 saturated carbocycles. The molecule has 0 amide bonds. The smallest absolute Gasteiger partial charge is 0.488 e. The Kier molecular flexibility index (Phi) is 5.92. The SMILES string of the molecule is CCOC(=O)C1([C@H]2CC(=N[S@](=O)C(C)(C)C)c3ccc(OC(F)(F)F)cc3O2)CC1. The van der Waals surface area contributed by atoms with Crippen molar-refractivity contribution < 1.29 is 36.4 Å². The monoisotopic (exact) mass is 447 g/mol. The fraction of sp³-hybridized carbons (Fsp3) is 0.600. The molecule has 0 spiro atoms. The second-order valence-corrected chi connectivity index (χ2v) is 10.2. The van der Waals surface area contributed by atoms with E-state index >= 15 is 0 Å². The van der Waals surface area contributed by atoms with E-state index in [-0.39, 0.29) is 18.8 Å². The normalized spacial score (nSPS) is 22.6. The zero-order valence-corrected chi connectivity index (χ0v) is 18.0. The Morgan fingerprint density at radius 3 is 2.50 bits per heavy atom. The fourth-order valence-electron chi connectivity index (χ4n) is 3.21. The number of nitrogens with zero attached hydrogens (tertiary/aromatic N) is 1. The molecule has 0 radical (unpaired) electrons. The second-order valence-electron chi connectivity index (χ2n) is 8.29. The van der Waals surface area contributed by atoms with E-state index in [1.54, 1.807) is 27.7 Å². The molecule has 1 aliphatic carbocycles. The van der Waals surface area contributed by atoms with Crippen LogP contribution < -0.4 is 9.47 Å². The van der Waals surface area contributed by atoms with E-state index < -0.39 is 45.3 Å². The molecule has 166 valence electrons. The summed E-state index contributed by atoms with van der Waals surface area (Å²) in [5, 5.41) is 0. The molecule has 6 nitrogen and oxygen atoms in total. The Balaban J connectivity index is 2.01. The summed E-state index contributed by atoms with van der Waals surface area (Å²) in [5.41, 5.74) is -0.0276. The minimum absolute atomic E-state index is 0.105. The van der Waals surface area contributed by atoms with E-state index in [9.17, 15) is 22.2 Å². The Bertz CT molecular complexity index is 887. The van der Waals surface area contributed by atoms with Crippen LogP contribution in [0.4, 0.5) is 13.2 Å². The number of alkyl halides is 3. The molecule has 1 aromatic carbocycles. The summed E-state index contributed by atoms with van der Waals surface area (Å²) in [7, 11) is -1.59. The quantitative estimate of drug-likeness (QED) is 0.628. The highest BCUT2D eigenvalue weighted by Crippen LogP contribution is 2.54. The third-order valence-corrected chi connectivity index (χ3v) is 6.38. The van der Waals surface area contributed by atoms with E-state index in [4.69, 9.17) is 9.47 Å². The van der Waals surface area contributed by atoms with Crippen LogP contribution in [0.5, 0.6) is 11.5 Å². The van der Waals surface area contributed by atoms with Crippen molar-refractivity contribution in [3.05, 3.63) is 23.8 Å². The summed E-state index contributed by atoms with van der Waals surface area (Å²) in [6.07, 6.45) is -4.25. The van der Waals surface area contributed by atoms with Crippen LogP contribution in [-0.2, 0) is 20.5 Å². The lowest BCUT2D eigenvalue weighted by atomic mass is 9.89. The highest BCUT2D eigenvalue weighted by atomic mass is 32.2. The van der Waals surface area contributed by atoms with Crippen LogP contribution in [0.1, 0.15) is 52.5 Å². The maximum Gasteiger partial charge on any atom is 0.573 e. The zero-order valence-electron chi connectivity index (χ0n) is 17.2. The molecule has 10 heteroatoms. The van der Waals surface area contributed by atoms with Crippen LogP contribution in [-0.4, -0.2) is 39.7 Å². The Labute approximate surface area is 175 Å². The zero-order chi connectivity index (χ0) is 22.3. The van der Waals surface area contributed by atoms with Crippen molar-refractivity contribution in [3.8, 4) is 11.5 Å². The van der Waals surface area contributed by atoms with Crippen molar-refractivity contribution >= 4 is 22.7 Å². The third-order valence-electron chi connectivity index (χ3n) is 4.95. The van der Waals surface area contributed by atoms with Gasteiger partial charge in [-0.2, -0.15) is 4.40 Å². The van der Waals surface area contributed by atoms with E-state index in [1.807, 2.05) is 0 Å². The maximum absolute atomic E-state index is 12.6. The lowest BCUT2D eigenvalue weighted by Gasteiger charge is -2.32. The van der Waals surface area contributed by atoms with Crippen molar-refractivity contribution in [2.45, 2.75) is 64.2 Å². The van der Waals surface area contributed by atoms with Gasteiger partial charge in [-0.15, -0.1) is 13.2 Å². The molecule has 2 atom stereocenters. The van der Waals surface area contributed by atoms with Gasteiger partial charge in [0.1, 0.15) is 34.0 Å². The molecular formula is C20H24F3NO5S. The van der Waals surface area contributed by atoms with Gasteiger partial charge in [-0.25, -0.2) is 4.21 Å². The number of carbonyl (C=O) groups is 1. The summed E-state index contributed by atoms with van der Waals surface area (Å²) in [4.78, 5) is 12.5. The lowest BCUT2D eigenvalue weighted by molar-refractivity contribution is -0.274. The van der Waals surface area contributed by atoms with Gasteiger partial charge in [0.25, 0.3) is 0 Å². The highest BCUT2D eigenvalue weighted by molar-refractivity contribution is 7.85. The van der Waals surface area contributed by atoms with Gasteiger partial charge in [0.15, 0.2) is 0 Å². The first kappa shape index (κ1) is 22.6. The molecule has 1 aromatic rings. The van der Waals surface area contributed by atoms with Crippen molar-refractivity contribution in [1.29, 1.82) is 0 Å². The first-order valence-electron chi connectivity index (χ1n) is 9.59. The van der Waals surface area contributed by atoms with E-state index in [2.05, 4.69) is 9.13 Å². The van der Waals surface area contributed by atoms with Crippen LogP contribution in [0.3, 0.4) is 0 Å². The maximum atomic E-state index is 12.6. The fourth-order valence-corrected chi connectivity index (χ4v) is 3.86. The number of benzene rings is 1. The van der Waals surface area contributed by atoms with Gasteiger partial charge in [-0.3, -0.25) is 4.79 Å². The molecule has 0 bridgehead atoms. The van der Waals surface area contributed by atoms with Gasteiger partial charge >= 0.3 is 12.3 Å². The number of ether oxygens (including phenoxy) is 3. The number of carbonyl (C=O) groups excluding carboxylic acids is 1. The Morgan fingerprint density at radius 1 is 1.30 bits per heavy atom. The average Bonchev–Trinajstić information content (AvgIpc) is 3.41. The van der Waals surface area contributed by atoms with Gasteiger partial charge in [0, 0.05) is 18.1 Å². The predicted molar refractivity (Wildman–Crippen MR) is 105 cm³/mol. The van der Waals surface area contributed by atoms with Gasteiger partial charge < -0.3 is 14.2 Å². The highest BCUT2D eigenvalue weighted by Gasteiger charge is 2.59. The van der Waals surface area contributed by atoms with Crippen LogP contribution in [0.15, 0.2) is 22.6 Å². The van der Waals surface area contributed by atoms with E-state index in [0.29, 0.717) is 24.1 Å². The predicted octanol–water partition coefficient (Wildman–Crippen LogP) is 4.33. The van der Waals surface area contributed by atoms with Crippen LogP contribution in [0.25, 0.3) is 0 Å². The minimum atomic E-state index is -4.85. The molecule has 0 N–H and O–H groups in total. The number of halogens is 3. The number of hydrogen-bond acceptors (Lipinski definition) is 5. The Hall–Kier alpha value is -2.10.